The molecule has 0 aliphatic heterocycles. The maximum absolute atomic E-state index is 13.2. The SMILES string of the molecule is O=C(NC(c1ccc(F)cc1)C(Cl)(Cl)Cl)NC(c1ccc(F)cc1)C(Cl)(Cl)Cl. The van der Waals surface area contributed by atoms with E-state index in [2.05, 4.69) is 10.6 Å². The fraction of sp³-hybridized carbons (Fsp3) is 0.235. The van der Waals surface area contributed by atoms with Gasteiger partial charge in [-0.2, -0.15) is 0 Å². The van der Waals surface area contributed by atoms with E-state index in [9.17, 15) is 13.6 Å². The van der Waals surface area contributed by atoms with Crippen LogP contribution in [0.3, 0.4) is 0 Å². The summed E-state index contributed by atoms with van der Waals surface area (Å²) in [7, 11) is 0. The Morgan fingerprint density at radius 2 is 0.964 bits per heavy atom. The lowest BCUT2D eigenvalue weighted by molar-refractivity contribution is 0.233. The van der Waals surface area contributed by atoms with Crippen molar-refractivity contribution in [3.8, 4) is 0 Å². The Bertz CT molecular complexity index is 739. The van der Waals surface area contributed by atoms with Crippen LogP contribution in [0, 0.1) is 11.6 Å². The van der Waals surface area contributed by atoms with E-state index in [4.69, 9.17) is 69.6 Å². The number of carbonyl (C=O) groups is 1. The van der Waals surface area contributed by atoms with E-state index < -0.39 is 37.3 Å². The minimum absolute atomic E-state index is 0.337. The van der Waals surface area contributed by atoms with Gasteiger partial charge in [0.1, 0.15) is 23.7 Å². The lowest BCUT2D eigenvalue weighted by Crippen LogP contribution is -2.46. The van der Waals surface area contributed by atoms with E-state index in [1.54, 1.807) is 0 Å². The van der Waals surface area contributed by atoms with Crippen molar-refractivity contribution in [3.63, 3.8) is 0 Å². The van der Waals surface area contributed by atoms with Crippen LogP contribution in [0.1, 0.15) is 23.2 Å². The van der Waals surface area contributed by atoms with Gasteiger partial charge in [0.2, 0.25) is 7.59 Å². The second-order valence-corrected chi connectivity index (χ2v) is 10.4. The molecule has 0 aromatic heterocycles. The number of hydrogen-bond donors (Lipinski definition) is 2. The maximum Gasteiger partial charge on any atom is 0.316 e. The average molecular weight is 511 g/mol. The molecule has 3 nitrogen and oxygen atoms in total. The number of hydrogen-bond acceptors (Lipinski definition) is 1. The van der Waals surface area contributed by atoms with Gasteiger partial charge in [-0.3, -0.25) is 0 Å². The number of urea groups is 1. The molecule has 2 amide bonds. The van der Waals surface area contributed by atoms with Crippen molar-refractivity contribution in [1.82, 2.24) is 10.6 Å². The molecule has 2 rings (SSSR count). The van der Waals surface area contributed by atoms with Crippen molar-refractivity contribution in [3.05, 3.63) is 71.3 Å². The predicted octanol–water partition coefficient (Wildman–Crippen LogP) is 6.79. The van der Waals surface area contributed by atoms with E-state index in [0.29, 0.717) is 11.1 Å². The first-order valence-electron chi connectivity index (χ1n) is 7.59. The summed E-state index contributed by atoms with van der Waals surface area (Å²) in [6, 6.07) is 6.93. The predicted molar refractivity (Wildman–Crippen MR) is 111 cm³/mol. The van der Waals surface area contributed by atoms with Crippen LogP contribution < -0.4 is 10.6 Å². The molecule has 2 aromatic rings. The van der Waals surface area contributed by atoms with E-state index in [-0.39, 0.29) is 0 Å². The molecule has 2 N–H and O–H groups in total. The Morgan fingerprint density at radius 3 is 1.21 bits per heavy atom. The van der Waals surface area contributed by atoms with Gasteiger partial charge in [-0.1, -0.05) is 93.9 Å². The van der Waals surface area contributed by atoms with Gasteiger partial charge in [-0.15, -0.1) is 0 Å². The van der Waals surface area contributed by atoms with Gasteiger partial charge in [-0.05, 0) is 35.4 Å². The van der Waals surface area contributed by atoms with Gasteiger partial charge in [-0.25, -0.2) is 13.6 Å². The standard InChI is InChI=1S/C17H12Cl6F2N2O/c18-16(19,20)13(9-1-5-11(24)6-2-9)26-15(28)27-14(17(21,22)23)10-3-7-12(25)8-4-10/h1-8,13-14H,(H2,26,27,28). The Hall–Kier alpha value is -0.690. The highest BCUT2D eigenvalue weighted by atomic mass is 35.6. The normalized spacial score (nSPS) is 14.3. The number of carbonyl (C=O) groups excluding carboxylic acids is 1. The Balaban J connectivity index is 2.23. The average Bonchev–Trinajstić information content (AvgIpc) is 2.58. The van der Waals surface area contributed by atoms with Crippen LogP contribution in [0.15, 0.2) is 48.5 Å². The fourth-order valence-corrected chi connectivity index (χ4v) is 3.41. The third-order valence-corrected chi connectivity index (χ3v) is 4.92. The second kappa shape index (κ2) is 9.41. The van der Waals surface area contributed by atoms with Crippen molar-refractivity contribution in [2.75, 3.05) is 0 Å². The highest BCUT2D eigenvalue weighted by Gasteiger charge is 2.38. The van der Waals surface area contributed by atoms with Gasteiger partial charge < -0.3 is 10.6 Å². The number of alkyl halides is 6. The molecule has 0 spiro atoms. The minimum Gasteiger partial charge on any atom is -0.327 e. The first-order chi connectivity index (χ1) is 12.9. The van der Waals surface area contributed by atoms with Gasteiger partial charge in [0, 0.05) is 0 Å². The molecule has 0 fully saturated rings. The molecule has 0 saturated carbocycles. The summed E-state index contributed by atoms with van der Waals surface area (Å²) in [5, 5.41) is 4.92. The first kappa shape index (κ1) is 23.6. The second-order valence-electron chi connectivity index (χ2n) is 5.67. The summed E-state index contributed by atoms with van der Waals surface area (Å²) in [6.07, 6.45) is 0. The Labute approximate surface area is 190 Å². The zero-order valence-corrected chi connectivity index (χ0v) is 18.2. The molecule has 11 heteroatoms. The van der Waals surface area contributed by atoms with Crippen LogP contribution in [0.5, 0.6) is 0 Å². The quantitative estimate of drug-likeness (QED) is 0.437. The highest BCUT2D eigenvalue weighted by Crippen LogP contribution is 2.41. The smallest absolute Gasteiger partial charge is 0.316 e. The molecular weight excluding hydrogens is 499 g/mol. The van der Waals surface area contributed by atoms with E-state index in [1.807, 2.05) is 0 Å². The monoisotopic (exact) mass is 508 g/mol. The minimum atomic E-state index is -1.96. The summed E-state index contributed by atoms with van der Waals surface area (Å²) < 4.78 is 22.4. The van der Waals surface area contributed by atoms with Gasteiger partial charge in [0.15, 0.2) is 0 Å². The topological polar surface area (TPSA) is 41.1 Å². The molecular formula is C17H12Cl6F2N2O. The number of rotatable bonds is 4. The van der Waals surface area contributed by atoms with E-state index in [1.165, 1.54) is 24.3 Å². The number of nitrogens with one attached hydrogen (secondary N) is 2. The number of halogens is 8. The summed E-state index contributed by atoms with van der Waals surface area (Å²) in [6.45, 7) is 0. The summed E-state index contributed by atoms with van der Waals surface area (Å²) in [4.78, 5) is 12.5. The fourth-order valence-electron chi connectivity index (χ4n) is 2.32. The van der Waals surface area contributed by atoms with Crippen molar-refractivity contribution in [2.24, 2.45) is 0 Å². The summed E-state index contributed by atoms with van der Waals surface area (Å²) >= 11 is 35.7. The molecule has 2 atom stereocenters. The molecule has 2 unspecified atom stereocenters. The maximum atomic E-state index is 13.2. The van der Waals surface area contributed by atoms with Crippen molar-refractivity contribution < 1.29 is 13.6 Å². The largest absolute Gasteiger partial charge is 0.327 e. The van der Waals surface area contributed by atoms with Crippen molar-refractivity contribution >= 4 is 75.6 Å². The Kier molecular flexibility index (Phi) is 7.93. The molecule has 0 aliphatic rings. The first-order valence-corrected chi connectivity index (χ1v) is 9.86. The molecule has 0 saturated heterocycles. The van der Waals surface area contributed by atoms with Gasteiger partial charge in [0.05, 0.1) is 0 Å². The molecule has 0 radical (unpaired) electrons. The highest BCUT2D eigenvalue weighted by molar-refractivity contribution is 6.68. The van der Waals surface area contributed by atoms with Crippen LogP contribution >= 0.6 is 69.6 Å². The zero-order valence-electron chi connectivity index (χ0n) is 13.7. The lowest BCUT2D eigenvalue weighted by Gasteiger charge is -2.30. The lowest BCUT2D eigenvalue weighted by atomic mass is 10.1. The molecule has 0 bridgehead atoms. The summed E-state index contributed by atoms with van der Waals surface area (Å²) in [5.41, 5.74) is 0.674. The van der Waals surface area contributed by atoms with Crippen LogP contribution in [-0.4, -0.2) is 13.6 Å². The van der Waals surface area contributed by atoms with Crippen LogP contribution in [0.25, 0.3) is 0 Å². The third-order valence-electron chi connectivity index (χ3n) is 3.61. The van der Waals surface area contributed by atoms with Crippen LogP contribution in [0.4, 0.5) is 13.6 Å². The molecule has 2 aromatic carbocycles. The van der Waals surface area contributed by atoms with Crippen LogP contribution in [-0.2, 0) is 0 Å². The number of benzene rings is 2. The van der Waals surface area contributed by atoms with E-state index in [0.717, 1.165) is 24.3 Å². The van der Waals surface area contributed by atoms with Crippen molar-refractivity contribution in [2.45, 2.75) is 19.7 Å². The summed E-state index contributed by atoms with van der Waals surface area (Å²) in [5.74, 6) is -0.993. The van der Waals surface area contributed by atoms with Gasteiger partial charge in [0.25, 0.3) is 0 Å². The van der Waals surface area contributed by atoms with Gasteiger partial charge >= 0.3 is 6.03 Å². The molecule has 0 heterocycles. The molecule has 0 aliphatic carbocycles. The molecule has 152 valence electrons. The third kappa shape index (κ3) is 6.68. The van der Waals surface area contributed by atoms with Crippen LogP contribution in [0.2, 0.25) is 0 Å². The molecule has 28 heavy (non-hydrogen) atoms. The zero-order chi connectivity index (χ0) is 21.1. The Morgan fingerprint density at radius 1 is 0.679 bits per heavy atom. The number of amides is 2. The van der Waals surface area contributed by atoms with Crippen molar-refractivity contribution in [1.29, 1.82) is 0 Å². The van der Waals surface area contributed by atoms with E-state index >= 15 is 0 Å².